The summed E-state index contributed by atoms with van der Waals surface area (Å²) in [6.07, 6.45) is 2.37. The first kappa shape index (κ1) is 18.4. The van der Waals surface area contributed by atoms with Crippen molar-refractivity contribution in [3.63, 3.8) is 0 Å². The Bertz CT molecular complexity index is 950. The molecule has 2 saturated heterocycles. The van der Waals surface area contributed by atoms with Gasteiger partial charge < -0.3 is 4.90 Å². The van der Waals surface area contributed by atoms with Gasteiger partial charge >= 0.3 is 0 Å². The van der Waals surface area contributed by atoms with Crippen molar-refractivity contribution in [3.05, 3.63) is 64.7 Å². The lowest BCUT2D eigenvalue weighted by Gasteiger charge is -2.26. The van der Waals surface area contributed by atoms with Crippen LogP contribution in [0, 0.1) is 13.8 Å². The van der Waals surface area contributed by atoms with Crippen LogP contribution in [-0.2, 0) is 9.59 Å². The quantitative estimate of drug-likeness (QED) is 0.763. The van der Waals surface area contributed by atoms with Gasteiger partial charge in [-0.15, -0.1) is 0 Å². The summed E-state index contributed by atoms with van der Waals surface area (Å²) in [5, 5.41) is 0. The fraction of sp³-hybridized carbons (Fsp3) is 0.348. The van der Waals surface area contributed by atoms with Crippen LogP contribution in [-0.4, -0.2) is 29.2 Å². The number of imide groups is 1. The van der Waals surface area contributed by atoms with E-state index in [-0.39, 0.29) is 36.6 Å². The summed E-state index contributed by atoms with van der Waals surface area (Å²) >= 11 is 0. The molecule has 0 radical (unpaired) electrons. The van der Waals surface area contributed by atoms with Crippen LogP contribution in [0.4, 0.5) is 5.69 Å². The summed E-state index contributed by atoms with van der Waals surface area (Å²) in [5.41, 5.74) is 4.63. The fourth-order valence-corrected chi connectivity index (χ4v) is 4.14. The van der Waals surface area contributed by atoms with Gasteiger partial charge in [-0.25, -0.2) is 0 Å². The van der Waals surface area contributed by atoms with E-state index >= 15 is 0 Å². The third-order valence-electron chi connectivity index (χ3n) is 5.83. The van der Waals surface area contributed by atoms with Crippen LogP contribution in [0.1, 0.15) is 58.8 Å². The first-order valence-electron chi connectivity index (χ1n) is 9.79. The molecule has 2 fully saturated rings. The van der Waals surface area contributed by atoms with Crippen LogP contribution in [0.3, 0.4) is 0 Å². The van der Waals surface area contributed by atoms with Crippen LogP contribution in [0.15, 0.2) is 42.5 Å². The second-order valence-corrected chi connectivity index (χ2v) is 7.67. The third-order valence-corrected chi connectivity index (χ3v) is 5.83. The largest absolute Gasteiger partial charge is 0.332 e. The number of rotatable bonds is 3. The summed E-state index contributed by atoms with van der Waals surface area (Å²) in [7, 11) is 0. The number of hydrogen-bond donors (Lipinski definition) is 0. The fourth-order valence-electron chi connectivity index (χ4n) is 4.14. The monoisotopic (exact) mass is 376 g/mol. The van der Waals surface area contributed by atoms with E-state index < -0.39 is 0 Å². The number of aryl methyl sites for hydroxylation is 2. The van der Waals surface area contributed by atoms with Crippen molar-refractivity contribution >= 4 is 23.4 Å². The maximum atomic E-state index is 13.3. The Morgan fingerprint density at radius 1 is 0.964 bits per heavy atom. The van der Waals surface area contributed by atoms with E-state index in [1.54, 1.807) is 24.3 Å². The summed E-state index contributed by atoms with van der Waals surface area (Å²) in [5.74, 6) is -0.464. The number of benzene rings is 2. The highest BCUT2D eigenvalue weighted by atomic mass is 16.2. The van der Waals surface area contributed by atoms with Gasteiger partial charge in [-0.05, 0) is 61.6 Å². The van der Waals surface area contributed by atoms with Gasteiger partial charge in [-0.2, -0.15) is 0 Å². The molecule has 2 aromatic rings. The van der Waals surface area contributed by atoms with Crippen molar-refractivity contribution < 1.29 is 14.4 Å². The molecule has 0 unspecified atom stereocenters. The second kappa shape index (κ2) is 7.23. The molecule has 0 aliphatic carbocycles. The van der Waals surface area contributed by atoms with Crippen LogP contribution < -0.4 is 4.90 Å². The van der Waals surface area contributed by atoms with Gasteiger partial charge in [0.15, 0.2) is 0 Å². The Morgan fingerprint density at radius 3 is 2.43 bits per heavy atom. The molecule has 0 saturated carbocycles. The molecule has 3 amide bonds. The lowest BCUT2D eigenvalue weighted by Crippen LogP contribution is -2.31. The molecule has 2 heterocycles. The molecule has 5 heteroatoms. The Labute approximate surface area is 164 Å². The number of hydrogen-bond acceptors (Lipinski definition) is 3. The number of carbonyl (C=O) groups excluding carboxylic acids is 3. The van der Waals surface area contributed by atoms with Gasteiger partial charge in [0.05, 0.1) is 11.7 Å². The third kappa shape index (κ3) is 3.21. The molecule has 0 bridgehead atoms. The van der Waals surface area contributed by atoms with Crippen LogP contribution >= 0.6 is 0 Å². The molecule has 4 rings (SSSR count). The predicted molar refractivity (Wildman–Crippen MR) is 107 cm³/mol. The molecule has 28 heavy (non-hydrogen) atoms. The Kier molecular flexibility index (Phi) is 4.75. The Morgan fingerprint density at radius 2 is 1.71 bits per heavy atom. The van der Waals surface area contributed by atoms with E-state index in [2.05, 4.69) is 32.0 Å². The smallest absolute Gasteiger partial charge is 0.254 e. The molecule has 1 atom stereocenters. The highest BCUT2D eigenvalue weighted by Crippen LogP contribution is 2.34. The average molecular weight is 376 g/mol. The van der Waals surface area contributed by atoms with Gasteiger partial charge in [0.25, 0.3) is 5.91 Å². The topological polar surface area (TPSA) is 57.7 Å². The highest BCUT2D eigenvalue weighted by molar-refractivity contribution is 6.20. The van der Waals surface area contributed by atoms with E-state index in [9.17, 15) is 14.4 Å². The number of carbonyl (C=O) groups is 3. The van der Waals surface area contributed by atoms with E-state index in [1.165, 1.54) is 16.0 Å². The predicted octanol–water partition coefficient (Wildman–Crippen LogP) is 3.93. The minimum absolute atomic E-state index is 0.0540. The molecule has 0 N–H and O–H groups in total. The van der Waals surface area contributed by atoms with Gasteiger partial charge in [0.2, 0.25) is 11.8 Å². The van der Waals surface area contributed by atoms with Crippen molar-refractivity contribution in [2.45, 2.75) is 45.6 Å². The number of amides is 3. The summed E-state index contributed by atoms with van der Waals surface area (Å²) < 4.78 is 0. The summed E-state index contributed by atoms with van der Waals surface area (Å²) in [6.45, 7) is 4.89. The van der Waals surface area contributed by atoms with Crippen molar-refractivity contribution in [2.75, 3.05) is 11.4 Å². The molecule has 2 aromatic carbocycles. The summed E-state index contributed by atoms with van der Waals surface area (Å²) in [4.78, 5) is 40.4. The van der Waals surface area contributed by atoms with Crippen molar-refractivity contribution in [3.8, 4) is 0 Å². The molecule has 0 aromatic heterocycles. The van der Waals surface area contributed by atoms with Gasteiger partial charge in [0, 0.05) is 24.9 Å². The van der Waals surface area contributed by atoms with E-state index in [0.717, 1.165) is 18.4 Å². The maximum Gasteiger partial charge on any atom is 0.254 e. The molecular formula is C23H24N2O3. The van der Waals surface area contributed by atoms with E-state index in [1.807, 2.05) is 4.90 Å². The Balaban J connectivity index is 1.62. The standard InChI is InChI=1S/C23H24N2O3/c1-15-8-9-17(13-16(15)2)20-7-4-12-24(20)23(28)18-5-3-6-19(14-18)25-21(26)10-11-22(25)27/h3,5-6,8-9,13-14,20H,4,7,10-12H2,1-2H3/t20-/m0/s1. The van der Waals surface area contributed by atoms with Crippen LogP contribution in [0.5, 0.6) is 0 Å². The van der Waals surface area contributed by atoms with Crippen LogP contribution in [0.25, 0.3) is 0 Å². The SMILES string of the molecule is Cc1ccc([C@@H]2CCCN2C(=O)c2cccc(N3C(=O)CCC3=O)c2)cc1C. The lowest BCUT2D eigenvalue weighted by molar-refractivity contribution is -0.121. The van der Waals surface area contributed by atoms with Crippen molar-refractivity contribution in [1.29, 1.82) is 0 Å². The minimum atomic E-state index is -0.205. The molecule has 144 valence electrons. The normalized spacial score (nSPS) is 19.6. The zero-order chi connectivity index (χ0) is 19.8. The first-order valence-corrected chi connectivity index (χ1v) is 9.79. The molecule has 2 aliphatic rings. The van der Waals surface area contributed by atoms with Gasteiger partial charge in [0.1, 0.15) is 0 Å². The summed E-state index contributed by atoms with van der Waals surface area (Å²) in [6, 6.07) is 13.3. The number of anilines is 1. The molecule has 5 nitrogen and oxygen atoms in total. The highest BCUT2D eigenvalue weighted by Gasteiger charge is 2.33. The zero-order valence-corrected chi connectivity index (χ0v) is 16.3. The van der Waals surface area contributed by atoms with E-state index in [4.69, 9.17) is 0 Å². The van der Waals surface area contributed by atoms with E-state index in [0.29, 0.717) is 17.8 Å². The van der Waals surface area contributed by atoms with Gasteiger partial charge in [-0.3, -0.25) is 19.3 Å². The number of likely N-dealkylation sites (tertiary alicyclic amines) is 1. The number of nitrogens with zero attached hydrogens (tertiary/aromatic N) is 2. The first-order chi connectivity index (χ1) is 13.5. The molecule has 2 aliphatic heterocycles. The van der Waals surface area contributed by atoms with Crippen molar-refractivity contribution in [1.82, 2.24) is 4.90 Å². The van der Waals surface area contributed by atoms with Crippen LogP contribution in [0.2, 0.25) is 0 Å². The minimum Gasteiger partial charge on any atom is -0.332 e. The maximum absolute atomic E-state index is 13.3. The lowest BCUT2D eigenvalue weighted by atomic mass is 9.99. The molecular weight excluding hydrogens is 352 g/mol. The zero-order valence-electron chi connectivity index (χ0n) is 16.3. The van der Waals surface area contributed by atoms with Crippen molar-refractivity contribution in [2.24, 2.45) is 0 Å². The average Bonchev–Trinajstić information content (AvgIpc) is 3.30. The second-order valence-electron chi connectivity index (χ2n) is 7.67. The van der Waals surface area contributed by atoms with Gasteiger partial charge in [-0.1, -0.05) is 24.3 Å². The Hall–Kier alpha value is -2.95. The molecule has 0 spiro atoms.